The number of aromatic nitrogens is 2. The van der Waals surface area contributed by atoms with Crippen molar-refractivity contribution in [2.24, 2.45) is 0 Å². The van der Waals surface area contributed by atoms with Crippen LogP contribution in [-0.4, -0.2) is 19.8 Å². The summed E-state index contributed by atoms with van der Waals surface area (Å²) < 4.78 is 1.16. The molecule has 1 N–H and O–H groups in total. The second kappa shape index (κ2) is 7.06. The van der Waals surface area contributed by atoms with E-state index in [1.165, 1.54) is 24.3 Å². The summed E-state index contributed by atoms with van der Waals surface area (Å²) in [5.41, 5.74) is 1.33. The molecule has 25 heavy (non-hydrogen) atoms. The Hall–Kier alpha value is -3.32. The highest BCUT2D eigenvalue weighted by Gasteiger charge is 2.14. The summed E-state index contributed by atoms with van der Waals surface area (Å²) in [6.45, 7) is -0.0966. The van der Waals surface area contributed by atoms with Gasteiger partial charge in [0.1, 0.15) is 0 Å². The Morgan fingerprint density at radius 2 is 1.84 bits per heavy atom. The number of hydrogen-bond acceptors (Lipinski definition) is 5. The van der Waals surface area contributed by atoms with Crippen LogP contribution in [0.1, 0.15) is 11.7 Å². The van der Waals surface area contributed by atoms with Gasteiger partial charge in [-0.05, 0) is 11.6 Å². The van der Waals surface area contributed by atoms with Crippen LogP contribution in [0.5, 0.6) is 0 Å². The van der Waals surface area contributed by atoms with Gasteiger partial charge in [0, 0.05) is 23.8 Å². The molecular weight excluding hydrogens is 322 g/mol. The SMILES string of the molecule is O=c1ccc(-c2ccccc2)nn1CC(O)c1cccc([N+](=O)[O-])c1. The van der Waals surface area contributed by atoms with E-state index in [1.807, 2.05) is 30.3 Å². The van der Waals surface area contributed by atoms with Crippen LogP contribution in [0, 0.1) is 10.1 Å². The van der Waals surface area contributed by atoms with E-state index in [0.29, 0.717) is 11.3 Å². The van der Waals surface area contributed by atoms with Gasteiger partial charge in [-0.15, -0.1) is 0 Å². The first-order chi connectivity index (χ1) is 12.0. The molecule has 0 aliphatic heterocycles. The predicted molar refractivity (Wildman–Crippen MR) is 92.0 cm³/mol. The number of nitrogens with zero attached hydrogens (tertiary/aromatic N) is 3. The monoisotopic (exact) mass is 337 g/mol. The molecule has 7 heteroatoms. The number of nitro benzene ring substituents is 1. The van der Waals surface area contributed by atoms with Crippen molar-refractivity contribution >= 4 is 5.69 Å². The van der Waals surface area contributed by atoms with E-state index in [2.05, 4.69) is 5.10 Å². The molecule has 0 fully saturated rings. The zero-order valence-corrected chi connectivity index (χ0v) is 13.1. The molecule has 1 atom stereocenters. The number of hydrogen-bond donors (Lipinski definition) is 1. The van der Waals surface area contributed by atoms with E-state index in [-0.39, 0.29) is 17.8 Å². The van der Waals surface area contributed by atoms with Crippen molar-refractivity contribution in [1.82, 2.24) is 9.78 Å². The Labute approximate surface area is 143 Å². The van der Waals surface area contributed by atoms with Gasteiger partial charge in [-0.3, -0.25) is 14.9 Å². The summed E-state index contributed by atoms with van der Waals surface area (Å²) in [7, 11) is 0. The van der Waals surface area contributed by atoms with Crippen molar-refractivity contribution in [3.8, 4) is 11.3 Å². The lowest BCUT2D eigenvalue weighted by molar-refractivity contribution is -0.385. The lowest BCUT2D eigenvalue weighted by atomic mass is 10.1. The first-order valence-electron chi connectivity index (χ1n) is 7.60. The average molecular weight is 337 g/mol. The van der Waals surface area contributed by atoms with Crippen molar-refractivity contribution in [3.05, 3.63) is 92.8 Å². The van der Waals surface area contributed by atoms with Crippen LogP contribution in [0.4, 0.5) is 5.69 Å². The topological polar surface area (TPSA) is 98.3 Å². The highest BCUT2D eigenvalue weighted by atomic mass is 16.6. The summed E-state index contributed by atoms with van der Waals surface area (Å²) in [6.07, 6.45) is -1.09. The van der Waals surface area contributed by atoms with Crippen molar-refractivity contribution in [1.29, 1.82) is 0 Å². The molecule has 0 aliphatic carbocycles. The maximum Gasteiger partial charge on any atom is 0.269 e. The van der Waals surface area contributed by atoms with Crippen LogP contribution in [0.15, 0.2) is 71.5 Å². The Bertz CT molecular complexity index is 954. The third-order valence-corrected chi connectivity index (χ3v) is 3.75. The first-order valence-corrected chi connectivity index (χ1v) is 7.60. The lowest BCUT2D eigenvalue weighted by Gasteiger charge is -2.13. The molecule has 0 aliphatic rings. The Morgan fingerprint density at radius 1 is 1.08 bits per heavy atom. The molecule has 1 unspecified atom stereocenters. The molecule has 1 aromatic heterocycles. The lowest BCUT2D eigenvalue weighted by Crippen LogP contribution is -2.25. The van der Waals surface area contributed by atoms with Crippen LogP contribution in [0.2, 0.25) is 0 Å². The van der Waals surface area contributed by atoms with E-state index in [0.717, 1.165) is 10.2 Å². The van der Waals surface area contributed by atoms with E-state index in [9.17, 15) is 20.0 Å². The molecule has 3 aromatic rings. The molecule has 0 radical (unpaired) electrons. The number of benzene rings is 2. The van der Waals surface area contributed by atoms with Gasteiger partial charge in [0.05, 0.1) is 23.3 Å². The molecular formula is C18H15N3O4. The molecule has 0 saturated carbocycles. The number of aliphatic hydroxyl groups excluding tert-OH is 1. The quantitative estimate of drug-likeness (QED) is 0.570. The minimum absolute atomic E-state index is 0.0966. The van der Waals surface area contributed by atoms with E-state index >= 15 is 0 Å². The van der Waals surface area contributed by atoms with Gasteiger partial charge in [0.25, 0.3) is 11.2 Å². The Morgan fingerprint density at radius 3 is 2.56 bits per heavy atom. The van der Waals surface area contributed by atoms with Crippen LogP contribution >= 0.6 is 0 Å². The molecule has 0 bridgehead atoms. The largest absolute Gasteiger partial charge is 0.386 e. The Kier molecular flexibility index (Phi) is 4.67. The van der Waals surface area contributed by atoms with Gasteiger partial charge in [-0.1, -0.05) is 42.5 Å². The highest BCUT2D eigenvalue weighted by molar-refractivity contribution is 5.57. The van der Waals surface area contributed by atoms with Crippen molar-refractivity contribution in [2.75, 3.05) is 0 Å². The van der Waals surface area contributed by atoms with Crippen molar-refractivity contribution < 1.29 is 10.0 Å². The maximum absolute atomic E-state index is 12.0. The number of aliphatic hydroxyl groups is 1. The van der Waals surface area contributed by atoms with Gasteiger partial charge in [-0.25, -0.2) is 4.68 Å². The summed E-state index contributed by atoms with van der Waals surface area (Å²) in [5.74, 6) is 0. The second-order valence-electron chi connectivity index (χ2n) is 5.47. The normalized spacial score (nSPS) is 11.9. The maximum atomic E-state index is 12.0. The van der Waals surface area contributed by atoms with Gasteiger partial charge >= 0.3 is 0 Å². The summed E-state index contributed by atoms with van der Waals surface area (Å²) in [6, 6.07) is 18.1. The molecule has 7 nitrogen and oxygen atoms in total. The molecule has 0 amide bonds. The zero-order chi connectivity index (χ0) is 17.8. The average Bonchev–Trinajstić information content (AvgIpc) is 2.64. The van der Waals surface area contributed by atoms with E-state index in [1.54, 1.807) is 12.1 Å². The fourth-order valence-electron chi connectivity index (χ4n) is 2.46. The highest BCUT2D eigenvalue weighted by Crippen LogP contribution is 2.20. The van der Waals surface area contributed by atoms with Crippen molar-refractivity contribution in [2.45, 2.75) is 12.6 Å². The van der Waals surface area contributed by atoms with Gasteiger partial charge < -0.3 is 5.11 Å². The smallest absolute Gasteiger partial charge is 0.269 e. The second-order valence-corrected chi connectivity index (χ2v) is 5.47. The number of non-ortho nitro benzene ring substituents is 1. The zero-order valence-electron chi connectivity index (χ0n) is 13.1. The van der Waals surface area contributed by atoms with Crippen LogP contribution in [0.3, 0.4) is 0 Å². The van der Waals surface area contributed by atoms with Crippen LogP contribution < -0.4 is 5.56 Å². The molecule has 3 rings (SSSR count). The molecule has 126 valence electrons. The summed E-state index contributed by atoms with van der Waals surface area (Å²) in [4.78, 5) is 22.3. The first kappa shape index (κ1) is 16.5. The summed E-state index contributed by atoms with van der Waals surface area (Å²) >= 11 is 0. The number of nitro groups is 1. The molecule has 2 aromatic carbocycles. The summed E-state index contributed by atoms with van der Waals surface area (Å²) in [5, 5.41) is 25.5. The molecule has 0 saturated heterocycles. The fourth-order valence-corrected chi connectivity index (χ4v) is 2.46. The third kappa shape index (κ3) is 3.78. The molecule has 0 spiro atoms. The minimum atomic E-state index is -1.09. The third-order valence-electron chi connectivity index (χ3n) is 3.75. The van der Waals surface area contributed by atoms with Gasteiger partial charge in [0.2, 0.25) is 0 Å². The van der Waals surface area contributed by atoms with Crippen LogP contribution in [-0.2, 0) is 6.54 Å². The standard InChI is InChI=1S/C18H15N3O4/c22-17(14-7-4-8-15(11-14)21(24)25)12-20-18(23)10-9-16(19-20)13-5-2-1-3-6-13/h1-11,17,22H,12H2. The fraction of sp³-hybridized carbons (Fsp3) is 0.111. The number of rotatable bonds is 5. The van der Waals surface area contributed by atoms with Gasteiger partial charge in [0.15, 0.2) is 0 Å². The molecule has 1 heterocycles. The van der Waals surface area contributed by atoms with E-state index in [4.69, 9.17) is 0 Å². The Balaban J connectivity index is 1.88. The predicted octanol–water partition coefficient (Wildman–Crippen LogP) is 2.55. The van der Waals surface area contributed by atoms with Crippen LogP contribution in [0.25, 0.3) is 11.3 Å². The minimum Gasteiger partial charge on any atom is -0.386 e. The van der Waals surface area contributed by atoms with Crippen molar-refractivity contribution in [3.63, 3.8) is 0 Å². The van der Waals surface area contributed by atoms with E-state index < -0.39 is 11.0 Å². The van der Waals surface area contributed by atoms with Gasteiger partial charge in [-0.2, -0.15) is 5.10 Å².